The van der Waals surface area contributed by atoms with Crippen LogP contribution in [0.2, 0.25) is 0 Å². The van der Waals surface area contributed by atoms with Crippen LogP contribution >= 0.6 is 0 Å². The van der Waals surface area contributed by atoms with Crippen LogP contribution in [-0.2, 0) is 13.5 Å². The second-order valence-corrected chi connectivity index (χ2v) is 4.19. The molecule has 1 heterocycles. The van der Waals surface area contributed by atoms with Crippen LogP contribution in [0, 0.1) is 0 Å². The van der Waals surface area contributed by atoms with Crippen molar-refractivity contribution in [3.63, 3.8) is 0 Å². The summed E-state index contributed by atoms with van der Waals surface area (Å²) >= 11 is 0. The summed E-state index contributed by atoms with van der Waals surface area (Å²) in [7, 11) is 1.94. The van der Waals surface area contributed by atoms with Crippen LogP contribution in [0.4, 0.5) is 0 Å². The Kier molecular flexibility index (Phi) is 3.66. The van der Waals surface area contributed by atoms with Crippen LogP contribution < -0.4 is 5.32 Å². The van der Waals surface area contributed by atoms with E-state index in [9.17, 15) is 5.11 Å². The highest BCUT2D eigenvalue weighted by Crippen LogP contribution is 1.99. The van der Waals surface area contributed by atoms with Crippen molar-refractivity contribution in [2.45, 2.75) is 25.9 Å². The van der Waals surface area contributed by atoms with Crippen molar-refractivity contribution in [2.24, 2.45) is 7.05 Å². The predicted octanol–water partition coefficient (Wildman–Crippen LogP) is 0.323. The maximum absolute atomic E-state index is 9.45. The molecule has 0 spiro atoms. The lowest BCUT2D eigenvalue weighted by Gasteiger charge is -2.17. The summed E-state index contributed by atoms with van der Waals surface area (Å²) in [5, 5.41) is 16.7. The van der Waals surface area contributed by atoms with E-state index in [1.807, 2.05) is 17.8 Å². The van der Waals surface area contributed by atoms with Gasteiger partial charge in [-0.2, -0.15) is 5.10 Å². The third kappa shape index (κ3) is 3.89. The number of aliphatic hydroxyl groups is 1. The van der Waals surface area contributed by atoms with E-state index in [0.717, 1.165) is 13.0 Å². The molecule has 0 aliphatic heterocycles. The van der Waals surface area contributed by atoms with Gasteiger partial charge in [-0.3, -0.25) is 4.68 Å². The Morgan fingerprint density at radius 3 is 2.79 bits per heavy atom. The highest BCUT2D eigenvalue weighted by molar-refractivity contribution is 5.00. The number of aryl methyl sites for hydroxylation is 1. The molecule has 1 aromatic heterocycles. The maximum atomic E-state index is 9.45. The van der Waals surface area contributed by atoms with Crippen molar-refractivity contribution in [1.82, 2.24) is 15.1 Å². The van der Waals surface area contributed by atoms with Crippen molar-refractivity contribution in [3.05, 3.63) is 18.0 Å². The van der Waals surface area contributed by atoms with Crippen LogP contribution in [0.15, 0.2) is 12.3 Å². The highest BCUT2D eigenvalue weighted by Gasteiger charge is 2.10. The predicted molar refractivity (Wildman–Crippen MR) is 56.1 cm³/mol. The van der Waals surface area contributed by atoms with Gasteiger partial charge in [0.25, 0.3) is 0 Å². The highest BCUT2D eigenvalue weighted by atomic mass is 16.3. The summed E-state index contributed by atoms with van der Waals surface area (Å²) in [6.45, 7) is 5.07. The van der Waals surface area contributed by atoms with Gasteiger partial charge >= 0.3 is 0 Å². The van der Waals surface area contributed by atoms with Gasteiger partial charge in [0, 0.05) is 38.4 Å². The Balaban J connectivity index is 2.20. The molecule has 0 aliphatic rings. The smallest absolute Gasteiger partial charge is 0.0715 e. The van der Waals surface area contributed by atoms with Gasteiger partial charge in [0.15, 0.2) is 0 Å². The van der Waals surface area contributed by atoms with E-state index in [1.165, 1.54) is 5.69 Å². The minimum atomic E-state index is -0.632. The normalized spacial score (nSPS) is 12.0. The van der Waals surface area contributed by atoms with E-state index >= 15 is 0 Å². The van der Waals surface area contributed by atoms with Crippen LogP contribution in [0.5, 0.6) is 0 Å². The topological polar surface area (TPSA) is 50.1 Å². The zero-order valence-electron chi connectivity index (χ0n) is 9.12. The first-order valence-corrected chi connectivity index (χ1v) is 4.89. The molecule has 0 radical (unpaired) electrons. The number of rotatable bonds is 5. The Morgan fingerprint density at radius 1 is 1.57 bits per heavy atom. The molecule has 0 aromatic carbocycles. The molecule has 0 bridgehead atoms. The number of nitrogens with one attached hydrogen (secondary N) is 1. The molecule has 4 nitrogen and oxygen atoms in total. The first kappa shape index (κ1) is 11.2. The molecule has 0 unspecified atom stereocenters. The van der Waals surface area contributed by atoms with Crippen LogP contribution in [0.25, 0.3) is 0 Å². The molecule has 0 atom stereocenters. The quantitative estimate of drug-likeness (QED) is 0.669. The third-order valence-corrected chi connectivity index (χ3v) is 2.04. The van der Waals surface area contributed by atoms with Crippen LogP contribution in [-0.4, -0.2) is 33.6 Å². The van der Waals surface area contributed by atoms with E-state index in [4.69, 9.17) is 0 Å². The number of hydrogen-bond donors (Lipinski definition) is 2. The average Bonchev–Trinajstić information content (AvgIpc) is 2.44. The molecule has 0 saturated carbocycles. The molecule has 0 fully saturated rings. The third-order valence-electron chi connectivity index (χ3n) is 2.04. The fourth-order valence-electron chi connectivity index (χ4n) is 1.26. The van der Waals surface area contributed by atoms with E-state index in [0.29, 0.717) is 6.54 Å². The number of nitrogens with zero attached hydrogens (tertiary/aromatic N) is 2. The SMILES string of the molecule is Cn1nccc1CCNCC(C)(C)O. The maximum Gasteiger partial charge on any atom is 0.0715 e. The summed E-state index contributed by atoms with van der Waals surface area (Å²) in [6.07, 6.45) is 2.73. The second-order valence-electron chi connectivity index (χ2n) is 4.19. The Bertz CT molecular complexity index is 275. The molecule has 1 rings (SSSR count). The monoisotopic (exact) mass is 197 g/mol. The summed E-state index contributed by atoms with van der Waals surface area (Å²) in [5.41, 5.74) is 0.570. The zero-order chi connectivity index (χ0) is 10.6. The van der Waals surface area contributed by atoms with Gasteiger partial charge in [-0.05, 0) is 19.9 Å². The fourth-order valence-corrected chi connectivity index (χ4v) is 1.26. The summed E-state index contributed by atoms with van der Waals surface area (Å²) in [5.74, 6) is 0. The van der Waals surface area contributed by atoms with Crippen molar-refractivity contribution in [2.75, 3.05) is 13.1 Å². The second kappa shape index (κ2) is 4.57. The standard InChI is InChI=1S/C10H19N3O/c1-10(2,14)8-11-6-4-9-5-7-12-13(9)3/h5,7,11,14H,4,6,8H2,1-3H3. The molecule has 0 amide bonds. The Labute approximate surface area is 84.9 Å². The first-order valence-electron chi connectivity index (χ1n) is 4.89. The van der Waals surface area contributed by atoms with Crippen molar-refractivity contribution < 1.29 is 5.11 Å². The first-order chi connectivity index (χ1) is 6.49. The van der Waals surface area contributed by atoms with Crippen LogP contribution in [0.1, 0.15) is 19.5 Å². The lowest BCUT2D eigenvalue weighted by Crippen LogP contribution is -2.35. The summed E-state index contributed by atoms with van der Waals surface area (Å²) < 4.78 is 1.87. The lowest BCUT2D eigenvalue weighted by atomic mass is 10.1. The van der Waals surface area contributed by atoms with Crippen molar-refractivity contribution >= 4 is 0 Å². The lowest BCUT2D eigenvalue weighted by molar-refractivity contribution is 0.0801. The Morgan fingerprint density at radius 2 is 2.29 bits per heavy atom. The van der Waals surface area contributed by atoms with Crippen LogP contribution in [0.3, 0.4) is 0 Å². The van der Waals surface area contributed by atoms with Gasteiger partial charge in [0.1, 0.15) is 0 Å². The largest absolute Gasteiger partial charge is 0.389 e. The average molecular weight is 197 g/mol. The van der Waals surface area contributed by atoms with Gasteiger partial charge in [-0.15, -0.1) is 0 Å². The summed E-state index contributed by atoms with van der Waals surface area (Å²) in [6, 6.07) is 2.01. The molecule has 1 aromatic rings. The minimum absolute atomic E-state index is 0.616. The fraction of sp³-hybridized carbons (Fsp3) is 0.700. The molecule has 2 N–H and O–H groups in total. The van der Waals surface area contributed by atoms with E-state index in [1.54, 1.807) is 20.0 Å². The van der Waals surface area contributed by atoms with E-state index in [2.05, 4.69) is 10.4 Å². The molecular weight excluding hydrogens is 178 g/mol. The number of aromatic nitrogens is 2. The number of hydrogen-bond acceptors (Lipinski definition) is 3. The van der Waals surface area contributed by atoms with E-state index in [-0.39, 0.29) is 0 Å². The molecule has 0 saturated heterocycles. The van der Waals surface area contributed by atoms with Gasteiger partial charge in [0.2, 0.25) is 0 Å². The molecule has 14 heavy (non-hydrogen) atoms. The molecule has 80 valence electrons. The van der Waals surface area contributed by atoms with Gasteiger partial charge in [-0.25, -0.2) is 0 Å². The summed E-state index contributed by atoms with van der Waals surface area (Å²) in [4.78, 5) is 0. The van der Waals surface area contributed by atoms with E-state index < -0.39 is 5.60 Å². The molecule has 0 aliphatic carbocycles. The van der Waals surface area contributed by atoms with Crippen molar-refractivity contribution in [1.29, 1.82) is 0 Å². The van der Waals surface area contributed by atoms with Gasteiger partial charge in [0.05, 0.1) is 5.60 Å². The van der Waals surface area contributed by atoms with Gasteiger partial charge in [-0.1, -0.05) is 0 Å². The van der Waals surface area contributed by atoms with Crippen molar-refractivity contribution in [3.8, 4) is 0 Å². The Hall–Kier alpha value is -0.870. The van der Waals surface area contributed by atoms with Gasteiger partial charge < -0.3 is 10.4 Å². The minimum Gasteiger partial charge on any atom is -0.389 e. The molecule has 4 heteroatoms. The molecular formula is C10H19N3O. The zero-order valence-corrected chi connectivity index (χ0v) is 9.12.